The molecule has 3 rings (SSSR count). The molecule has 0 saturated carbocycles. The molecule has 3 aromatic heterocycles. The molecule has 0 unspecified atom stereocenters. The number of hydrogen-bond donors (Lipinski definition) is 1. The quantitative estimate of drug-likeness (QED) is 0.749. The highest BCUT2D eigenvalue weighted by Gasteiger charge is 2.14. The van der Waals surface area contributed by atoms with Gasteiger partial charge in [0.2, 0.25) is 0 Å². The molecule has 0 aliphatic heterocycles. The molecule has 0 amide bonds. The normalized spacial score (nSPS) is 10.9. The molecule has 2 N–H and O–H groups in total. The molecule has 0 aliphatic rings. The van der Waals surface area contributed by atoms with Gasteiger partial charge in [0.05, 0.1) is 17.1 Å². The van der Waals surface area contributed by atoms with Gasteiger partial charge >= 0.3 is 0 Å². The second-order valence-electron chi connectivity index (χ2n) is 4.71. The van der Waals surface area contributed by atoms with E-state index in [-0.39, 0.29) is 0 Å². The molecule has 0 aromatic carbocycles. The van der Waals surface area contributed by atoms with E-state index >= 15 is 0 Å². The van der Waals surface area contributed by atoms with Crippen molar-refractivity contribution < 1.29 is 0 Å². The van der Waals surface area contributed by atoms with Gasteiger partial charge in [-0.3, -0.25) is 4.68 Å². The molecule has 0 bridgehead atoms. The first-order valence-corrected chi connectivity index (χ1v) is 6.16. The van der Waals surface area contributed by atoms with Gasteiger partial charge in [0, 0.05) is 27.3 Å². The summed E-state index contributed by atoms with van der Waals surface area (Å²) >= 11 is 0. The summed E-state index contributed by atoms with van der Waals surface area (Å²) in [5.41, 5.74) is 7.54. The SMILES string of the molecule is CN(C)c1ncccc1-c1nc(N)c2cnn(C)c2n1. The summed E-state index contributed by atoms with van der Waals surface area (Å²) < 4.78 is 1.68. The summed E-state index contributed by atoms with van der Waals surface area (Å²) in [6.45, 7) is 0. The Morgan fingerprint density at radius 2 is 2.05 bits per heavy atom. The summed E-state index contributed by atoms with van der Waals surface area (Å²) in [6.07, 6.45) is 3.41. The van der Waals surface area contributed by atoms with E-state index in [0.717, 1.165) is 16.8 Å². The Morgan fingerprint density at radius 3 is 2.80 bits per heavy atom. The Kier molecular flexibility index (Phi) is 2.74. The monoisotopic (exact) mass is 269 g/mol. The highest BCUT2D eigenvalue weighted by atomic mass is 15.3. The first-order chi connectivity index (χ1) is 9.58. The lowest BCUT2D eigenvalue weighted by atomic mass is 10.2. The van der Waals surface area contributed by atoms with Crippen molar-refractivity contribution in [1.29, 1.82) is 0 Å². The molecule has 0 aliphatic carbocycles. The van der Waals surface area contributed by atoms with Crippen LogP contribution < -0.4 is 10.6 Å². The Labute approximate surface area is 116 Å². The van der Waals surface area contributed by atoms with E-state index in [4.69, 9.17) is 5.73 Å². The highest BCUT2D eigenvalue weighted by Crippen LogP contribution is 2.27. The predicted octanol–water partition coefficient (Wildman–Crippen LogP) is 1.07. The van der Waals surface area contributed by atoms with Crippen LogP contribution in [0.15, 0.2) is 24.5 Å². The Bertz CT molecular complexity index is 775. The molecule has 0 fully saturated rings. The molecular formula is C13H15N7. The standard InChI is InChI=1S/C13H15N7/c1-19(2)12-8(5-4-6-15-12)11-17-10(14)9-7-16-20(3)13(9)18-11/h4-7H,1-3H3,(H2,14,17,18). The maximum absolute atomic E-state index is 6.00. The van der Waals surface area contributed by atoms with Crippen LogP contribution in [-0.4, -0.2) is 38.8 Å². The van der Waals surface area contributed by atoms with Crippen LogP contribution in [0.3, 0.4) is 0 Å². The van der Waals surface area contributed by atoms with Gasteiger partial charge in [0.15, 0.2) is 11.5 Å². The van der Waals surface area contributed by atoms with E-state index in [1.165, 1.54) is 0 Å². The van der Waals surface area contributed by atoms with Crippen molar-refractivity contribution in [2.24, 2.45) is 7.05 Å². The van der Waals surface area contributed by atoms with Crippen LogP contribution in [0.25, 0.3) is 22.4 Å². The van der Waals surface area contributed by atoms with Gasteiger partial charge in [-0.1, -0.05) is 0 Å². The highest BCUT2D eigenvalue weighted by molar-refractivity contribution is 5.87. The van der Waals surface area contributed by atoms with E-state index < -0.39 is 0 Å². The van der Waals surface area contributed by atoms with Gasteiger partial charge in [0.25, 0.3) is 0 Å². The Morgan fingerprint density at radius 1 is 1.25 bits per heavy atom. The van der Waals surface area contributed by atoms with Crippen LogP contribution in [0, 0.1) is 0 Å². The van der Waals surface area contributed by atoms with E-state index in [1.54, 1.807) is 17.1 Å². The van der Waals surface area contributed by atoms with Gasteiger partial charge in [-0.25, -0.2) is 15.0 Å². The fourth-order valence-corrected chi connectivity index (χ4v) is 2.09. The van der Waals surface area contributed by atoms with Crippen molar-refractivity contribution in [1.82, 2.24) is 24.7 Å². The lowest BCUT2D eigenvalue weighted by Crippen LogP contribution is -2.12. The zero-order chi connectivity index (χ0) is 14.3. The summed E-state index contributed by atoms with van der Waals surface area (Å²) in [7, 11) is 5.68. The number of nitrogen functional groups attached to an aromatic ring is 1. The number of aromatic nitrogens is 5. The third kappa shape index (κ3) is 1.83. The summed E-state index contributed by atoms with van der Waals surface area (Å²) in [4.78, 5) is 15.2. The molecule has 7 heteroatoms. The largest absolute Gasteiger partial charge is 0.383 e. The van der Waals surface area contributed by atoms with E-state index in [2.05, 4.69) is 20.1 Å². The fraction of sp³-hybridized carbons (Fsp3) is 0.231. The van der Waals surface area contributed by atoms with Gasteiger partial charge in [-0.05, 0) is 12.1 Å². The third-order valence-electron chi connectivity index (χ3n) is 3.07. The average molecular weight is 269 g/mol. The van der Waals surface area contributed by atoms with Crippen molar-refractivity contribution in [3.8, 4) is 11.4 Å². The van der Waals surface area contributed by atoms with Crippen molar-refractivity contribution in [2.75, 3.05) is 24.7 Å². The zero-order valence-electron chi connectivity index (χ0n) is 11.6. The molecule has 0 saturated heterocycles. The third-order valence-corrected chi connectivity index (χ3v) is 3.07. The van der Waals surface area contributed by atoms with Crippen LogP contribution >= 0.6 is 0 Å². The van der Waals surface area contributed by atoms with E-state index in [0.29, 0.717) is 17.3 Å². The van der Waals surface area contributed by atoms with Gasteiger partial charge in [-0.15, -0.1) is 0 Å². The number of hydrogen-bond acceptors (Lipinski definition) is 6. The molecule has 3 heterocycles. The van der Waals surface area contributed by atoms with Crippen LogP contribution in [0.2, 0.25) is 0 Å². The average Bonchev–Trinajstić information content (AvgIpc) is 2.81. The predicted molar refractivity (Wildman–Crippen MR) is 78.3 cm³/mol. The first-order valence-electron chi connectivity index (χ1n) is 6.16. The van der Waals surface area contributed by atoms with Gasteiger partial charge in [-0.2, -0.15) is 5.10 Å². The van der Waals surface area contributed by atoms with Crippen LogP contribution in [0.1, 0.15) is 0 Å². The van der Waals surface area contributed by atoms with Gasteiger partial charge in [0.1, 0.15) is 11.6 Å². The van der Waals surface area contributed by atoms with Crippen LogP contribution in [0.5, 0.6) is 0 Å². The van der Waals surface area contributed by atoms with E-state index in [9.17, 15) is 0 Å². The number of nitrogens with two attached hydrogens (primary N) is 1. The van der Waals surface area contributed by atoms with Crippen molar-refractivity contribution in [3.63, 3.8) is 0 Å². The number of nitrogens with zero attached hydrogens (tertiary/aromatic N) is 6. The molecule has 20 heavy (non-hydrogen) atoms. The van der Waals surface area contributed by atoms with Crippen LogP contribution in [-0.2, 0) is 7.05 Å². The van der Waals surface area contributed by atoms with Crippen LogP contribution in [0.4, 0.5) is 11.6 Å². The fourth-order valence-electron chi connectivity index (χ4n) is 2.09. The maximum atomic E-state index is 6.00. The molecule has 0 atom stereocenters. The number of anilines is 2. The molecule has 7 nitrogen and oxygen atoms in total. The van der Waals surface area contributed by atoms with Gasteiger partial charge < -0.3 is 10.6 Å². The Balaban J connectivity index is 2.27. The van der Waals surface area contributed by atoms with E-state index in [1.807, 2.05) is 38.2 Å². The van der Waals surface area contributed by atoms with Crippen molar-refractivity contribution in [3.05, 3.63) is 24.5 Å². The minimum Gasteiger partial charge on any atom is -0.383 e. The smallest absolute Gasteiger partial charge is 0.167 e. The number of fused-ring (bicyclic) bond motifs is 1. The molecule has 102 valence electrons. The lowest BCUT2D eigenvalue weighted by Gasteiger charge is -2.15. The lowest BCUT2D eigenvalue weighted by molar-refractivity contribution is 0.786. The summed E-state index contributed by atoms with van der Waals surface area (Å²) in [6, 6.07) is 3.79. The second kappa shape index (κ2) is 4.44. The zero-order valence-corrected chi connectivity index (χ0v) is 11.6. The molecule has 0 radical (unpaired) electrons. The topological polar surface area (TPSA) is 85.8 Å². The minimum atomic E-state index is 0.423. The Hall–Kier alpha value is -2.70. The number of aryl methyl sites for hydroxylation is 1. The van der Waals surface area contributed by atoms with Crippen molar-refractivity contribution in [2.45, 2.75) is 0 Å². The molecule has 0 spiro atoms. The summed E-state index contributed by atoms with van der Waals surface area (Å²) in [5.74, 6) is 1.77. The second-order valence-corrected chi connectivity index (χ2v) is 4.71. The first kappa shape index (κ1) is 12.3. The molecular weight excluding hydrogens is 254 g/mol. The summed E-state index contributed by atoms with van der Waals surface area (Å²) in [5, 5.41) is 4.91. The minimum absolute atomic E-state index is 0.423. The number of pyridine rings is 1. The maximum Gasteiger partial charge on any atom is 0.167 e. The molecule has 3 aromatic rings. The van der Waals surface area contributed by atoms with Crippen molar-refractivity contribution >= 4 is 22.7 Å². The number of rotatable bonds is 2.